The molecule has 0 atom stereocenters. The van der Waals surface area contributed by atoms with Crippen molar-refractivity contribution in [2.75, 3.05) is 20.8 Å². The lowest BCUT2D eigenvalue weighted by molar-refractivity contribution is 0.354. The van der Waals surface area contributed by atoms with Gasteiger partial charge < -0.3 is 24.5 Å². The number of nitrogens with one attached hydrogen (secondary N) is 2. The fourth-order valence-corrected chi connectivity index (χ4v) is 3.31. The molecule has 6 nitrogen and oxygen atoms in total. The summed E-state index contributed by atoms with van der Waals surface area (Å²) >= 11 is 1.72. The molecule has 0 saturated carbocycles. The molecule has 0 aliphatic carbocycles. The summed E-state index contributed by atoms with van der Waals surface area (Å²) in [5.74, 6) is 3.12. The number of furan rings is 1. The number of methoxy groups -OCH3 is 2. The minimum atomic E-state index is 0.529. The number of hydrogen-bond acceptors (Lipinski definition) is 5. The van der Waals surface area contributed by atoms with Gasteiger partial charge in [0.15, 0.2) is 17.5 Å². The molecule has 3 aromatic rings. The Morgan fingerprint density at radius 3 is 2.68 bits per heavy atom. The van der Waals surface area contributed by atoms with Crippen LogP contribution in [-0.4, -0.2) is 26.7 Å². The molecular weight excluding hydrogens is 374 g/mol. The summed E-state index contributed by atoms with van der Waals surface area (Å²) in [5, 5.41) is 8.83. The fraction of sp³-hybridized carbons (Fsp3) is 0.286. The number of aliphatic imine (C=N–C) groups is 1. The average Bonchev–Trinajstić information content (AvgIpc) is 3.43. The molecule has 0 saturated heterocycles. The van der Waals surface area contributed by atoms with Crippen molar-refractivity contribution >= 4 is 17.3 Å². The van der Waals surface area contributed by atoms with Crippen molar-refractivity contribution in [1.29, 1.82) is 0 Å². The first-order chi connectivity index (χ1) is 13.8. The molecule has 148 valence electrons. The lowest BCUT2D eigenvalue weighted by Crippen LogP contribution is -2.37. The van der Waals surface area contributed by atoms with Crippen LogP contribution < -0.4 is 20.1 Å². The predicted molar refractivity (Wildman–Crippen MR) is 112 cm³/mol. The first-order valence-corrected chi connectivity index (χ1v) is 9.94. The quantitative estimate of drug-likeness (QED) is 0.423. The van der Waals surface area contributed by atoms with Crippen LogP contribution in [0.5, 0.6) is 11.5 Å². The van der Waals surface area contributed by atoms with Crippen molar-refractivity contribution in [2.24, 2.45) is 4.99 Å². The van der Waals surface area contributed by atoms with E-state index in [-0.39, 0.29) is 0 Å². The smallest absolute Gasteiger partial charge is 0.191 e. The zero-order chi connectivity index (χ0) is 19.6. The second-order valence-corrected chi connectivity index (χ2v) is 7.08. The molecule has 2 heterocycles. The van der Waals surface area contributed by atoms with E-state index in [9.17, 15) is 0 Å². The average molecular weight is 400 g/mol. The number of nitrogens with zero attached hydrogens (tertiary/aromatic N) is 1. The Balaban J connectivity index is 1.63. The second-order valence-electron chi connectivity index (χ2n) is 6.04. The van der Waals surface area contributed by atoms with Crippen LogP contribution in [0.15, 0.2) is 63.5 Å². The van der Waals surface area contributed by atoms with Gasteiger partial charge in [0, 0.05) is 17.8 Å². The topological polar surface area (TPSA) is 68.0 Å². The van der Waals surface area contributed by atoms with Crippen molar-refractivity contribution < 1.29 is 13.9 Å². The van der Waals surface area contributed by atoms with E-state index in [4.69, 9.17) is 18.9 Å². The number of guanidine groups is 1. The van der Waals surface area contributed by atoms with Crippen molar-refractivity contribution in [3.8, 4) is 11.5 Å². The molecule has 0 aliphatic heterocycles. The highest BCUT2D eigenvalue weighted by Gasteiger charge is 2.06. The maximum absolute atomic E-state index is 5.39. The van der Waals surface area contributed by atoms with Crippen LogP contribution >= 0.6 is 11.3 Å². The van der Waals surface area contributed by atoms with E-state index < -0.39 is 0 Å². The van der Waals surface area contributed by atoms with Crippen LogP contribution in [0.25, 0.3) is 0 Å². The third-order valence-corrected chi connectivity index (χ3v) is 5.00. The standard InChI is InChI=1S/C21H25N3O3S/c1-25-19-8-7-16(13-20(19)26-2)14-23-21(24-15-18-6-4-12-28-18)22-10-9-17-5-3-11-27-17/h3-8,11-13H,9-10,14-15H2,1-2H3,(H2,22,23,24). The van der Waals surface area contributed by atoms with Gasteiger partial charge in [-0.2, -0.15) is 0 Å². The molecule has 0 spiro atoms. The molecular formula is C21H25N3O3S. The van der Waals surface area contributed by atoms with Crippen molar-refractivity contribution in [2.45, 2.75) is 19.5 Å². The Kier molecular flexibility index (Phi) is 7.37. The van der Waals surface area contributed by atoms with Gasteiger partial charge in [-0.05, 0) is 41.3 Å². The van der Waals surface area contributed by atoms with Gasteiger partial charge in [-0.15, -0.1) is 11.3 Å². The summed E-state index contributed by atoms with van der Waals surface area (Å²) in [6.07, 6.45) is 2.49. The summed E-state index contributed by atoms with van der Waals surface area (Å²) in [5.41, 5.74) is 1.04. The third kappa shape index (κ3) is 5.79. The zero-order valence-corrected chi connectivity index (χ0v) is 16.9. The molecule has 0 unspecified atom stereocenters. The Morgan fingerprint density at radius 2 is 1.96 bits per heavy atom. The molecule has 0 amide bonds. The highest BCUT2D eigenvalue weighted by atomic mass is 32.1. The van der Waals surface area contributed by atoms with Gasteiger partial charge >= 0.3 is 0 Å². The molecule has 0 radical (unpaired) electrons. The highest BCUT2D eigenvalue weighted by molar-refractivity contribution is 7.09. The van der Waals surface area contributed by atoms with Crippen LogP contribution in [0.4, 0.5) is 0 Å². The van der Waals surface area contributed by atoms with E-state index >= 15 is 0 Å². The second kappa shape index (κ2) is 10.4. The first kappa shape index (κ1) is 19.8. The lowest BCUT2D eigenvalue weighted by atomic mass is 10.2. The van der Waals surface area contributed by atoms with Crippen LogP contribution in [0.2, 0.25) is 0 Å². The minimum absolute atomic E-state index is 0.529. The number of thiophene rings is 1. The van der Waals surface area contributed by atoms with Crippen molar-refractivity contribution in [1.82, 2.24) is 10.6 Å². The molecule has 3 rings (SSSR count). The highest BCUT2D eigenvalue weighted by Crippen LogP contribution is 2.27. The van der Waals surface area contributed by atoms with Crippen LogP contribution in [0.1, 0.15) is 16.2 Å². The van der Waals surface area contributed by atoms with Crippen molar-refractivity contribution in [3.05, 3.63) is 70.3 Å². The molecule has 2 aromatic heterocycles. The summed E-state index contributed by atoms with van der Waals surface area (Å²) in [6.45, 7) is 1.99. The minimum Gasteiger partial charge on any atom is -0.493 e. The SMILES string of the molecule is COc1ccc(CN=C(NCCc2ccco2)NCc2cccs2)cc1OC. The normalized spacial score (nSPS) is 11.3. The molecule has 0 bridgehead atoms. The number of hydrogen-bond donors (Lipinski definition) is 2. The van der Waals surface area contributed by atoms with E-state index in [1.807, 2.05) is 36.4 Å². The largest absolute Gasteiger partial charge is 0.493 e. The Bertz CT molecular complexity index is 861. The maximum Gasteiger partial charge on any atom is 0.191 e. The zero-order valence-electron chi connectivity index (χ0n) is 16.1. The van der Waals surface area contributed by atoms with Gasteiger partial charge in [0.25, 0.3) is 0 Å². The van der Waals surface area contributed by atoms with Crippen LogP contribution in [0.3, 0.4) is 0 Å². The maximum atomic E-state index is 5.39. The van der Waals surface area contributed by atoms with Gasteiger partial charge in [-0.25, -0.2) is 4.99 Å². The van der Waals surface area contributed by atoms with E-state index in [0.717, 1.165) is 36.8 Å². The Labute approximate surface area is 169 Å². The molecule has 0 aliphatic rings. The van der Waals surface area contributed by atoms with E-state index in [2.05, 4.69) is 22.1 Å². The molecule has 1 aromatic carbocycles. The van der Waals surface area contributed by atoms with Gasteiger partial charge in [0.1, 0.15) is 5.76 Å². The van der Waals surface area contributed by atoms with Crippen LogP contribution in [0, 0.1) is 0 Å². The van der Waals surface area contributed by atoms with Gasteiger partial charge in [-0.3, -0.25) is 0 Å². The first-order valence-electron chi connectivity index (χ1n) is 9.06. The molecule has 2 N–H and O–H groups in total. The number of ether oxygens (including phenoxy) is 2. The molecule has 0 fully saturated rings. The fourth-order valence-electron chi connectivity index (χ4n) is 2.67. The van der Waals surface area contributed by atoms with Crippen molar-refractivity contribution in [3.63, 3.8) is 0 Å². The summed E-state index contributed by atoms with van der Waals surface area (Å²) in [4.78, 5) is 5.97. The summed E-state index contributed by atoms with van der Waals surface area (Å²) in [6, 6.07) is 13.9. The number of rotatable bonds is 9. The Hall–Kier alpha value is -2.93. The lowest BCUT2D eigenvalue weighted by Gasteiger charge is -2.12. The monoisotopic (exact) mass is 399 g/mol. The van der Waals surface area contributed by atoms with Crippen LogP contribution in [-0.2, 0) is 19.5 Å². The van der Waals surface area contributed by atoms with Gasteiger partial charge in [0.05, 0.1) is 33.6 Å². The summed E-state index contributed by atoms with van der Waals surface area (Å²) in [7, 11) is 3.26. The van der Waals surface area contributed by atoms with E-state index in [0.29, 0.717) is 18.0 Å². The van der Waals surface area contributed by atoms with Gasteiger partial charge in [0.2, 0.25) is 0 Å². The molecule has 28 heavy (non-hydrogen) atoms. The van der Waals surface area contributed by atoms with Gasteiger partial charge in [-0.1, -0.05) is 12.1 Å². The van der Waals surface area contributed by atoms with E-state index in [1.165, 1.54) is 4.88 Å². The number of benzene rings is 1. The Morgan fingerprint density at radius 1 is 1.07 bits per heavy atom. The predicted octanol–water partition coefficient (Wildman–Crippen LogP) is 3.84. The third-order valence-electron chi connectivity index (χ3n) is 4.12. The summed E-state index contributed by atoms with van der Waals surface area (Å²) < 4.78 is 16.1. The molecule has 7 heteroatoms. The van der Waals surface area contributed by atoms with E-state index in [1.54, 1.807) is 31.8 Å².